The van der Waals surface area contributed by atoms with Crippen molar-refractivity contribution in [2.45, 2.75) is 51.1 Å². The minimum absolute atomic E-state index is 0.333. The van der Waals surface area contributed by atoms with Crippen molar-refractivity contribution >= 4 is 16.8 Å². The third-order valence-corrected chi connectivity index (χ3v) is 6.86. The van der Waals surface area contributed by atoms with Gasteiger partial charge >= 0.3 is 0 Å². The first-order valence-corrected chi connectivity index (χ1v) is 10.2. The number of piperidine rings is 2. The van der Waals surface area contributed by atoms with Crippen LogP contribution in [0, 0.1) is 5.41 Å². The zero-order valence-electron chi connectivity index (χ0n) is 15.8. The predicted octanol–water partition coefficient (Wildman–Crippen LogP) is 3.55. The molecule has 0 unspecified atom stereocenters. The summed E-state index contributed by atoms with van der Waals surface area (Å²) in [6.07, 6.45) is 6.84. The van der Waals surface area contributed by atoms with Gasteiger partial charge < -0.3 is 9.47 Å². The van der Waals surface area contributed by atoms with Gasteiger partial charge in [0.05, 0.1) is 0 Å². The highest BCUT2D eigenvalue weighted by Gasteiger charge is 2.45. The first kappa shape index (κ1) is 16.4. The fourth-order valence-corrected chi connectivity index (χ4v) is 5.27. The number of para-hydroxylation sites is 1. The van der Waals surface area contributed by atoms with E-state index in [1.54, 1.807) is 0 Å². The Balaban J connectivity index is 1.34. The lowest BCUT2D eigenvalue weighted by atomic mass is 9.73. The SMILES string of the molecule is Cn1c(CN2CCC[C@]3(CCC(=O)N(C4CC4)C3)C2)cc2ccccc21. The van der Waals surface area contributed by atoms with Crippen LogP contribution in [0.4, 0.5) is 0 Å². The van der Waals surface area contributed by atoms with Crippen molar-refractivity contribution in [2.24, 2.45) is 12.5 Å². The number of fused-ring (bicyclic) bond motifs is 1. The Morgan fingerprint density at radius 2 is 2.00 bits per heavy atom. The third kappa shape index (κ3) is 2.84. The molecule has 4 heteroatoms. The Kier molecular flexibility index (Phi) is 3.85. The average Bonchev–Trinajstić information content (AvgIpc) is 3.44. The van der Waals surface area contributed by atoms with Crippen molar-refractivity contribution in [3.05, 3.63) is 36.0 Å². The van der Waals surface area contributed by atoms with Crippen LogP contribution in [0.15, 0.2) is 30.3 Å². The molecule has 2 aliphatic heterocycles. The van der Waals surface area contributed by atoms with E-state index in [1.807, 2.05) is 0 Å². The van der Waals surface area contributed by atoms with Gasteiger partial charge in [0.15, 0.2) is 0 Å². The first-order chi connectivity index (χ1) is 12.6. The van der Waals surface area contributed by atoms with Gasteiger partial charge in [0.1, 0.15) is 0 Å². The maximum atomic E-state index is 12.3. The highest BCUT2D eigenvalue weighted by atomic mass is 16.2. The van der Waals surface area contributed by atoms with Crippen molar-refractivity contribution in [1.29, 1.82) is 0 Å². The Morgan fingerprint density at radius 3 is 2.81 bits per heavy atom. The van der Waals surface area contributed by atoms with Gasteiger partial charge in [-0.1, -0.05) is 18.2 Å². The molecule has 26 heavy (non-hydrogen) atoms. The van der Waals surface area contributed by atoms with E-state index in [-0.39, 0.29) is 0 Å². The molecular weight excluding hydrogens is 322 g/mol. The summed E-state index contributed by atoms with van der Waals surface area (Å²) in [5.74, 6) is 0.406. The molecule has 2 saturated heterocycles. The van der Waals surface area contributed by atoms with Gasteiger partial charge in [-0.3, -0.25) is 9.69 Å². The van der Waals surface area contributed by atoms with Gasteiger partial charge in [-0.25, -0.2) is 0 Å². The second-order valence-corrected chi connectivity index (χ2v) is 8.82. The molecule has 1 spiro atoms. The number of benzene rings is 1. The highest BCUT2D eigenvalue weighted by Crippen LogP contribution is 2.42. The number of aromatic nitrogens is 1. The number of carbonyl (C=O) groups excluding carboxylic acids is 1. The number of rotatable bonds is 3. The summed E-state index contributed by atoms with van der Waals surface area (Å²) in [5, 5.41) is 1.33. The van der Waals surface area contributed by atoms with E-state index in [9.17, 15) is 4.79 Å². The molecular formula is C22H29N3O. The van der Waals surface area contributed by atoms with Gasteiger partial charge in [0.2, 0.25) is 5.91 Å². The minimum atomic E-state index is 0.333. The number of hydrogen-bond acceptors (Lipinski definition) is 2. The van der Waals surface area contributed by atoms with Gasteiger partial charge in [0, 0.05) is 55.8 Å². The van der Waals surface area contributed by atoms with Crippen molar-refractivity contribution in [2.75, 3.05) is 19.6 Å². The molecule has 0 N–H and O–H groups in total. The van der Waals surface area contributed by atoms with Crippen LogP contribution < -0.4 is 0 Å². The van der Waals surface area contributed by atoms with E-state index < -0.39 is 0 Å². The standard InChI is InChI=1S/C22H29N3O/c1-23-19(13-17-5-2-3-6-20(17)23)14-24-12-4-10-22(15-24)11-9-21(26)25(16-22)18-7-8-18/h2-3,5-6,13,18H,4,7-12,14-16H2,1H3/t22-/m0/s1. The van der Waals surface area contributed by atoms with Crippen LogP contribution >= 0.6 is 0 Å². The number of nitrogens with zero attached hydrogens (tertiary/aromatic N) is 3. The number of likely N-dealkylation sites (tertiary alicyclic amines) is 2. The quantitative estimate of drug-likeness (QED) is 0.846. The Morgan fingerprint density at radius 1 is 1.15 bits per heavy atom. The van der Waals surface area contributed by atoms with Crippen LogP contribution in [0.25, 0.3) is 10.9 Å². The lowest BCUT2D eigenvalue weighted by Gasteiger charge is -2.48. The van der Waals surface area contributed by atoms with Gasteiger partial charge in [-0.2, -0.15) is 0 Å². The molecule has 1 saturated carbocycles. The molecule has 5 rings (SSSR count). The summed E-state index contributed by atoms with van der Waals surface area (Å²) >= 11 is 0. The lowest BCUT2D eigenvalue weighted by molar-refractivity contribution is -0.140. The molecule has 1 amide bonds. The lowest BCUT2D eigenvalue weighted by Crippen LogP contribution is -2.54. The molecule has 3 heterocycles. The summed E-state index contributed by atoms with van der Waals surface area (Å²) in [5.41, 5.74) is 3.05. The van der Waals surface area contributed by atoms with Crippen LogP contribution in [-0.4, -0.2) is 46.0 Å². The average molecular weight is 351 g/mol. The van der Waals surface area contributed by atoms with Crippen LogP contribution in [0.3, 0.4) is 0 Å². The fourth-order valence-electron chi connectivity index (χ4n) is 5.27. The van der Waals surface area contributed by atoms with Crippen molar-refractivity contribution in [3.63, 3.8) is 0 Å². The molecule has 138 valence electrons. The van der Waals surface area contributed by atoms with Crippen molar-refractivity contribution in [3.8, 4) is 0 Å². The molecule has 4 nitrogen and oxygen atoms in total. The number of aryl methyl sites for hydroxylation is 1. The van der Waals surface area contributed by atoms with Crippen molar-refractivity contribution in [1.82, 2.24) is 14.4 Å². The second-order valence-electron chi connectivity index (χ2n) is 8.82. The predicted molar refractivity (Wildman–Crippen MR) is 104 cm³/mol. The molecule has 3 aliphatic rings. The summed E-state index contributed by atoms with van der Waals surface area (Å²) in [7, 11) is 2.19. The van der Waals surface area contributed by atoms with E-state index in [0.29, 0.717) is 17.4 Å². The molecule has 1 aromatic heterocycles. The van der Waals surface area contributed by atoms with E-state index in [2.05, 4.69) is 51.7 Å². The number of hydrogen-bond donors (Lipinski definition) is 0. The first-order valence-electron chi connectivity index (χ1n) is 10.2. The zero-order chi connectivity index (χ0) is 17.7. The van der Waals surface area contributed by atoms with Crippen LogP contribution in [0.5, 0.6) is 0 Å². The maximum Gasteiger partial charge on any atom is 0.222 e. The van der Waals surface area contributed by atoms with E-state index >= 15 is 0 Å². The van der Waals surface area contributed by atoms with Gasteiger partial charge in [0.25, 0.3) is 0 Å². The normalized spacial score (nSPS) is 27.6. The zero-order valence-corrected chi connectivity index (χ0v) is 15.8. The summed E-state index contributed by atoms with van der Waals surface area (Å²) < 4.78 is 2.34. The van der Waals surface area contributed by atoms with E-state index in [0.717, 1.165) is 32.5 Å². The van der Waals surface area contributed by atoms with Gasteiger partial charge in [-0.15, -0.1) is 0 Å². The maximum absolute atomic E-state index is 12.3. The van der Waals surface area contributed by atoms with Crippen LogP contribution in [0.2, 0.25) is 0 Å². The fraction of sp³-hybridized carbons (Fsp3) is 0.591. The van der Waals surface area contributed by atoms with E-state index in [4.69, 9.17) is 0 Å². The monoisotopic (exact) mass is 351 g/mol. The summed E-state index contributed by atoms with van der Waals surface area (Å²) in [4.78, 5) is 17.2. The third-order valence-electron chi connectivity index (χ3n) is 6.86. The summed E-state index contributed by atoms with van der Waals surface area (Å²) in [6, 6.07) is 11.6. The molecule has 3 fully saturated rings. The second kappa shape index (κ2) is 6.12. The summed E-state index contributed by atoms with van der Waals surface area (Å²) in [6.45, 7) is 4.35. The highest BCUT2D eigenvalue weighted by molar-refractivity contribution is 5.81. The Labute approximate surface area is 155 Å². The smallest absolute Gasteiger partial charge is 0.222 e. The van der Waals surface area contributed by atoms with E-state index in [1.165, 1.54) is 48.8 Å². The van der Waals surface area contributed by atoms with Crippen molar-refractivity contribution < 1.29 is 4.79 Å². The topological polar surface area (TPSA) is 28.5 Å². The molecule has 1 atom stereocenters. The van der Waals surface area contributed by atoms with Crippen LogP contribution in [-0.2, 0) is 18.4 Å². The molecule has 1 aromatic carbocycles. The molecule has 1 aliphatic carbocycles. The van der Waals surface area contributed by atoms with Crippen LogP contribution in [0.1, 0.15) is 44.2 Å². The molecule has 2 aromatic rings. The largest absolute Gasteiger partial charge is 0.346 e. The Hall–Kier alpha value is -1.81. The Bertz CT molecular complexity index is 837. The number of carbonyl (C=O) groups is 1. The molecule has 0 bridgehead atoms. The number of amides is 1. The minimum Gasteiger partial charge on any atom is -0.346 e. The van der Waals surface area contributed by atoms with Gasteiger partial charge in [-0.05, 0) is 56.2 Å². The molecule has 0 radical (unpaired) electrons.